The van der Waals surface area contributed by atoms with Crippen LogP contribution in [0.25, 0.3) is 0 Å². The zero-order valence-corrected chi connectivity index (χ0v) is 15.4. The summed E-state index contributed by atoms with van der Waals surface area (Å²) < 4.78 is 0. The number of aliphatic hydroxyl groups excluding tert-OH is 1. The second-order valence-corrected chi connectivity index (χ2v) is 6.31. The van der Waals surface area contributed by atoms with Gasteiger partial charge in [-0.3, -0.25) is 4.79 Å². The minimum absolute atomic E-state index is 0. The Labute approximate surface area is 154 Å². The molecule has 0 saturated heterocycles. The fraction of sp³-hybridized carbons (Fsp3) is 0.316. The van der Waals surface area contributed by atoms with Crippen molar-refractivity contribution < 1.29 is 27.6 Å². The number of hydrogen-bond donors (Lipinski definition) is 2. The quantitative estimate of drug-likeness (QED) is 0.527. The van der Waals surface area contributed by atoms with E-state index < -0.39 is 6.10 Å². The Morgan fingerprint density at radius 2 is 1.83 bits per heavy atom. The molecule has 0 bridgehead atoms. The van der Waals surface area contributed by atoms with E-state index in [1.165, 1.54) is 0 Å². The van der Waals surface area contributed by atoms with E-state index in [2.05, 4.69) is 0 Å². The number of Topliss-reactive ketones (excluding diaryl/α,β-unsaturated/α-hetero) is 1. The molecule has 0 amide bonds. The van der Waals surface area contributed by atoms with E-state index >= 15 is 0 Å². The van der Waals surface area contributed by atoms with Gasteiger partial charge in [-0.15, -0.1) is 0 Å². The zero-order valence-electron chi connectivity index (χ0n) is 13.9. The summed E-state index contributed by atoms with van der Waals surface area (Å²) in [6.45, 7) is 5.14. The molecule has 0 fully saturated rings. The van der Waals surface area contributed by atoms with Gasteiger partial charge in [0.15, 0.2) is 5.78 Å². The molecule has 2 aromatic carbocycles. The second kappa shape index (κ2) is 9.80. The lowest BCUT2D eigenvalue weighted by Gasteiger charge is -2.10. The summed E-state index contributed by atoms with van der Waals surface area (Å²) in [5.41, 5.74) is 3.76. The lowest BCUT2D eigenvalue weighted by molar-refractivity contribution is -0.660. The van der Waals surface area contributed by atoms with Crippen molar-refractivity contribution in [1.82, 2.24) is 0 Å². The lowest BCUT2D eigenvalue weighted by atomic mass is 10.0. The van der Waals surface area contributed by atoms with Crippen molar-refractivity contribution >= 4 is 17.4 Å². The number of aliphatic hydroxyl groups is 1. The third-order valence-electron chi connectivity index (χ3n) is 3.91. The number of hydrogen-bond acceptors (Lipinski definition) is 2. The maximum absolute atomic E-state index is 12.3. The van der Waals surface area contributed by atoms with Crippen LogP contribution in [0.3, 0.4) is 0 Å². The van der Waals surface area contributed by atoms with E-state index in [-0.39, 0.29) is 18.2 Å². The van der Waals surface area contributed by atoms with E-state index in [0.717, 1.165) is 22.3 Å². The van der Waals surface area contributed by atoms with Gasteiger partial charge in [0.05, 0.1) is 13.0 Å². The predicted molar refractivity (Wildman–Crippen MR) is 92.9 cm³/mol. The van der Waals surface area contributed by atoms with Crippen molar-refractivity contribution in [2.45, 2.75) is 26.4 Å². The van der Waals surface area contributed by atoms with Gasteiger partial charge in [0.2, 0.25) is 0 Å². The minimum atomic E-state index is -0.553. The Morgan fingerprint density at radius 1 is 1.17 bits per heavy atom. The Kier molecular flexibility index (Phi) is 8.43. The predicted octanol–water partition coefficient (Wildman–Crippen LogP) is -0.169. The molecule has 24 heavy (non-hydrogen) atoms. The van der Waals surface area contributed by atoms with Crippen LogP contribution in [0.1, 0.15) is 39.6 Å². The van der Waals surface area contributed by atoms with Crippen molar-refractivity contribution in [3.05, 3.63) is 69.7 Å². The number of halogens is 2. The molecule has 0 heterocycles. The molecule has 2 rings (SSSR count). The van der Waals surface area contributed by atoms with E-state index in [4.69, 9.17) is 11.6 Å². The van der Waals surface area contributed by atoms with Gasteiger partial charge in [-0.2, -0.15) is 0 Å². The highest BCUT2D eigenvalue weighted by molar-refractivity contribution is 6.30. The molecule has 1 atom stereocenters. The smallest absolute Gasteiger partial charge is 0.168 e. The summed E-state index contributed by atoms with van der Waals surface area (Å²) in [7, 11) is 0. The van der Waals surface area contributed by atoms with E-state index in [0.29, 0.717) is 24.5 Å². The summed E-state index contributed by atoms with van der Waals surface area (Å²) in [4.78, 5) is 12.3. The summed E-state index contributed by atoms with van der Waals surface area (Å²) >= 11 is 5.83. The summed E-state index contributed by atoms with van der Waals surface area (Å²) in [5.74, 6) is 0.156. The summed E-state index contributed by atoms with van der Waals surface area (Å²) in [6.07, 6.45) is -0.0828. The average Bonchev–Trinajstić information content (AvgIpc) is 2.54. The van der Waals surface area contributed by atoms with Crippen LogP contribution in [0.2, 0.25) is 5.02 Å². The van der Waals surface area contributed by atoms with Gasteiger partial charge in [-0.05, 0) is 43.2 Å². The first-order valence-electron chi connectivity index (χ1n) is 7.83. The van der Waals surface area contributed by atoms with Crippen LogP contribution in [0.4, 0.5) is 0 Å². The minimum Gasteiger partial charge on any atom is -1.00 e. The number of ketones is 1. The largest absolute Gasteiger partial charge is 1.00 e. The number of aryl methyl sites for hydroxylation is 2. The number of carbonyl (C=O) groups is 1. The Morgan fingerprint density at radius 3 is 2.50 bits per heavy atom. The first-order valence-corrected chi connectivity index (χ1v) is 8.21. The molecule has 0 radical (unpaired) electrons. The first-order chi connectivity index (χ1) is 11.0. The molecule has 0 saturated carbocycles. The molecule has 1 unspecified atom stereocenters. The number of nitrogens with two attached hydrogens (primary N) is 1. The summed E-state index contributed by atoms with van der Waals surface area (Å²) in [5, 5.41) is 12.7. The molecule has 0 aliphatic carbocycles. The second-order valence-electron chi connectivity index (χ2n) is 5.87. The molecule has 2 aromatic rings. The van der Waals surface area contributed by atoms with Crippen LogP contribution in [-0.4, -0.2) is 24.0 Å². The first kappa shape index (κ1) is 20.7. The van der Waals surface area contributed by atoms with Crippen molar-refractivity contribution in [1.29, 1.82) is 0 Å². The number of benzene rings is 2. The normalized spacial score (nSPS) is 11.7. The molecule has 130 valence electrons. The van der Waals surface area contributed by atoms with Gasteiger partial charge in [0.25, 0.3) is 0 Å². The van der Waals surface area contributed by atoms with E-state index in [1.54, 1.807) is 12.1 Å². The van der Waals surface area contributed by atoms with Gasteiger partial charge in [-0.1, -0.05) is 41.4 Å². The van der Waals surface area contributed by atoms with Gasteiger partial charge in [0.1, 0.15) is 12.6 Å². The van der Waals surface area contributed by atoms with Crippen LogP contribution in [0.5, 0.6) is 0 Å². The lowest BCUT2D eigenvalue weighted by Crippen LogP contribution is -3.00. The van der Waals surface area contributed by atoms with Gasteiger partial charge < -0.3 is 22.8 Å². The number of carbonyl (C=O) groups excluding carboxylic acids is 1. The van der Waals surface area contributed by atoms with Crippen LogP contribution in [0, 0.1) is 13.8 Å². The molecule has 5 heteroatoms. The van der Waals surface area contributed by atoms with E-state index in [1.807, 2.05) is 49.5 Å². The highest BCUT2D eigenvalue weighted by Gasteiger charge is 2.12. The van der Waals surface area contributed by atoms with E-state index in [9.17, 15) is 9.90 Å². The standard InChI is InChI=1S/C19H22ClNO2.ClH/c1-13-3-4-14(2)17(11-13)18(22)9-10-21-12-19(23)15-5-7-16(20)8-6-15;/h3-8,11,19,21,23H,9-10,12H2,1-2H3;1H. The van der Waals surface area contributed by atoms with Gasteiger partial charge >= 0.3 is 0 Å². The van der Waals surface area contributed by atoms with Crippen LogP contribution in [-0.2, 0) is 0 Å². The summed E-state index contributed by atoms with van der Waals surface area (Å²) in [6, 6.07) is 13.1. The van der Waals surface area contributed by atoms with Crippen LogP contribution < -0.4 is 17.7 Å². The molecule has 0 aliphatic rings. The highest BCUT2D eigenvalue weighted by atomic mass is 35.5. The van der Waals surface area contributed by atoms with Gasteiger partial charge in [0, 0.05) is 10.6 Å². The van der Waals surface area contributed by atoms with Crippen molar-refractivity contribution in [2.75, 3.05) is 13.1 Å². The van der Waals surface area contributed by atoms with Crippen LogP contribution in [0.15, 0.2) is 42.5 Å². The zero-order chi connectivity index (χ0) is 16.8. The fourth-order valence-electron chi connectivity index (χ4n) is 2.50. The Hall–Kier alpha value is -1.39. The molecule has 0 spiro atoms. The topological polar surface area (TPSA) is 53.9 Å². The fourth-order valence-corrected chi connectivity index (χ4v) is 2.63. The Bertz CT molecular complexity index is 672. The van der Waals surface area contributed by atoms with Crippen molar-refractivity contribution in [3.63, 3.8) is 0 Å². The maximum Gasteiger partial charge on any atom is 0.168 e. The maximum atomic E-state index is 12.3. The van der Waals surface area contributed by atoms with Crippen molar-refractivity contribution in [3.8, 4) is 0 Å². The molecule has 0 aliphatic heterocycles. The third-order valence-corrected chi connectivity index (χ3v) is 4.17. The molecular weight excluding hydrogens is 345 g/mol. The number of quaternary nitrogens is 1. The molecule has 0 aromatic heterocycles. The SMILES string of the molecule is Cc1ccc(C)c(C(=O)CC[NH2+]CC(O)c2ccc(Cl)cc2)c1.[Cl-]. The van der Waals surface area contributed by atoms with Crippen LogP contribution >= 0.6 is 11.6 Å². The van der Waals surface area contributed by atoms with Gasteiger partial charge in [-0.25, -0.2) is 0 Å². The molecule has 3 nitrogen and oxygen atoms in total. The number of rotatable bonds is 7. The monoisotopic (exact) mass is 367 g/mol. The molecular formula is C19H23Cl2NO2. The average molecular weight is 368 g/mol. The highest BCUT2D eigenvalue weighted by Crippen LogP contribution is 2.15. The van der Waals surface area contributed by atoms with Crippen molar-refractivity contribution in [2.24, 2.45) is 0 Å². The molecule has 3 N–H and O–H groups in total. The Balaban J connectivity index is 0.00000288. The third kappa shape index (κ3) is 5.91.